The molecule has 2 rings (SSSR count). The van der Waals surface area contributed by atoms with Crippen molar-refractivity contribution in [2.75, 3.05) is 6.54 Å². The van der Waals surface area contributed by atoms with Crippen LogP contribution in [0.4, 0.5) is 13.2 Å². The zero-order chi connectivity index (χ0) is 17.2. The van der Waals surface area contributed by atoms with Gasteiger partial charge >= 0.3 is 12.1 Å². The highest BCUT2D eigenvalue weighted by atomic mass is 19.4. The first kappa shape index (κ1) is 17.3. The van der Waals surface area contributed by atoms with Crippen LogP contribution in [-0.4, -0.2) is 34.5 Å². The zero-order valence-corrected chi connectivity index (χ0v) is 12.6. The van der Waals surface area contributed by atoms with Crippen molar-refractivity contribution in [2.24, 2.45) is 5.92 Å². The number of carboxylic acid groups (broad SMARTS) is 1. The molecule has 1 amide bonds. The highest BCUT2D eigenvalue weighted by Gasteiger charge is 2.37. The standard InChI is InChI=1S/C16H18F3NO3/c1-10(15(22)23)9-20(12-6-7-12)14(21)8-11-4-2-3-5-13(11)16(17,18)19/h2-5,10,12H,6-9H2,1H3,(H,22,23). The Hall–Kier alpha value is -2.05. The Labute approximate surface area is 131 Å². The molecule has 0 aliphatic heterocycles. The first-order valence-corrected chi connectivity index (χ1v) is 7.37. The summed E-state index contributed by atoms with van der Waals surface area (Å²) in [7, 11) is 0. The smallest absolute Gasteiger partial charge is 0.416 e. The third kappa shape index (κ3) is 4.46. The van der Waals surface area contributed by atoms with Gasteiger partial charge in [-0.25, -0.2) is 0 Å². The molecule has 1 N–H and O–H groups in total. The van der Waals surface area contributed by atoms with Crippen molar-refractivity contribution in [1.82, 2.24) is 4.90 Å². The van der Waals surface area contributed by atoms with Crippen molar-refractivity contribution in [3.8, 4) is 0 Å². The predicted molar refractivity (Wildman–Crippen MR) is 76.7 cm³/mol. The first-order valence-electron chi connectivity index (χ1n) is 7.37. The van der Waals surface area contributed by atoms with Crippen LogP contribution in [0.3, 0.4) is 0 Å². The van der Waals surface area contributed by atoms with Gasteiger partial charge in [-0.1, -0.05) is 25.1 Å². The molecule has 4 nitrogen and oxygen atoms in total. The van der Waals surface area contributed by atoms with Crippen LogP contribution in [0.15, 0.2) is 24.3 Å². The zero-order valence-electron chi connectivity index (χ0n) is 12.6. The number of hydrogen-bond donors (Lipinski definition) is 1. The first-order chi connectivity index (χ1) is 10.7. The van der Waals surface area contributed by atoms with Gasteiger partial charge in [-0.05, 0) is 24.5 Å². The van der Waals surface area contributed by atoms with Gasteiger partial charge in [-0.3, -0.25) is 9.59 Å². The van der Waals surface area contributed by atoms with Crippen molar-refractivity contribution in [3.63, 3.8) is 0 Å². The number of carbonyl (C=O) groups excluding carboxylic acids is 1. The molecule has 1 saturated carbocycles. The molecule has 1 unspecified atom stereocenters. The van der Waals surface area contributed by atoms with Gasteiger partial charge in [0.2, 0.25) is 5.91 Å². The Balaban J connectivity index is 2.15. The van der Waals surface area contributed by atoms with E-state index in [0.717, 1.165) is 18.9 Å². The lowest BCUT2D eigenvalue weighted by Gasteiger charge is -2.25. The van der Waals surface area contributed by atoms with E-state index in [1.165, 1.54) is 30.0 Å². The second-order valence-electron chi connectivity index (χ2n) is 5.85. The lowest BCUT2D eigenvalue weighted by Crippen LogP contribution is -2.39. The molecule has 0 heterocycles. The van der Waals surface area contributed by atoms with E-state index in [0.29, 0.717) is 0 Å². The van der Waals surface area contributed by atoms with Gasteiger partial charge in [0, 0.05) is 12.6 Å². The van der Waals surface area contributed by atoms with E-state index in [1.54, 1.807) is 0 Å². The maximum atomic E-state index is 13.0. The van der Waals surface area contributed by atoms with Crippen molar-refractivity contribution >= 4 is 11.9 Å². The van der Waals surface area contributed by atoms with Crippen LogP contribution in [-0.2, 0) is 22.2 Å². The number of rotatable bonds is 6. The Bertz CT molecular complexity index is 596. The largest absolute Gasteiger partial charge is 0.481 e. The molecular formula is C16H18F3NO3. The van der Waals surface area contributed by atoms with Gasteiger partial charge < -0.3 is 10.0 Å². The summed E-state index contributed by atoms with van der Waals surface area (Å²) in [6.07, 6.45) is -3.37. The summed E-state index contributed by atoms with van der Waals surface area (Å²) in [6.45, 7) is 1.50. The maximum absolute atomic E-state index is 13.0. The summed E-state index contributed by atoms with van der Waals surface area (Å²) in [5.74, 6) is -2.24. The van der Waals surface area contributed by atoms with Crippen LogP contribution < -0.4 is 0 Å². The average Bonchev–Trinajstić information content (AvgIpc) is 3.28. The van der Waals surface area contributed by atoms with Crippen molar-refractivity contribution < 1.29 is 27.9 Å². The van der Waals surface area contributed by atoms with Crippen LogP contribution in [0, 0.1) is 5.92 Å². The lowest BCUT2D eigenvalue weighted by molar-refractivity contribution is -0.143. The van der Waals surface area contributed by atoms with Crippen LogP contribution in [0.1, 0.15) is 30.9 Å². The molecule has 1 fully saturated rings. The van der Waals surface area contributed by atoms with Crippen molar-refractivity contribution in [3.05, 3.63) is 35.4 Å². The van der Waals surface area contributed by atoms with Gasteiger partial charge in [-0.2, -0.15) is 13.2 Å². The number of amides is 1. The number of aliphatic carboxylic acids is 1. The highest BCUT2D eigenvalue weighted by molar-refractivity contribution is 5.80. The number of benzene rings is 1. The van der Waals surface area contributed by atoms with E-state index in [1.807, 2.05) is 0 Å². The van der Waals surface area contributed by atoms with Gasteiger partial charge in [0.05, 0.1) is 17.9 Å². The number of halogens is 3. The number of alkyl halides is 3. The molecule has 1 aliphatic carbocycles. The molecule has 0 radical (unpaired) electrons. The van der Waals surface area contributed by atoms with E-state index in [4.69, 9.17) is 5.11 Å². The summed E-state index contributed by atoms with van der Waals surface area (Å²) in [5, 5.41) is 8.97. The highest BCUT2D eigenvalue weighted by Crippen LogP contribution is 2.33. The van der Waals surface area contributed by atoms with Gasteiger partial charge in [-0.15, -0.1) is 0 Å². The maximum Gasteiger partial charge on any atom is 0.416 e. The number of hydrogen-bond acceptors (Lipinski definition) is 2. The van der Waals surface area contributed by atoms with Gasteiger partial charge in [0.15, 0.2) is 0 Å². The number of carboxylic acids is 1. The fraction of sp³-hybridized carbons (Fsp3) is 0.500. The van der Waals surface area contributed by atoms with Crippen LogP contribution in [0.2, 0.25) is 0 Å². The fourth-order valence-corrected chi connectivity index (χ4v) is 2.43. The van der Waals surface area contributed by atoms with Gasteiger partial charge in [0.25, 0.3) is 0 Å². The Morgan fingerprint density at radius 2 is 1.91 bits per heavy atom. The Morgan fingerprint density at radius 3 is 2.43 bits per heavy atom. The molecule has 126 valence electrons. The lowest BCUT2D eigenvalue weighted by atomic mass is 10.0. The summed E-state index contributed by atoms with van der Waals surface area (Å²) < 4.78 is 39.0. The van der Waals surface area contributed by atoms with Crippen LogP contribution >= 0.6 is 0 Å². The molecule has 1 aliphatic rings. The van der Waals surface area contributed by atoms with E-state index >= 15 is 0 Å². The molecule has 7 heteroatoms. The van der Waals surface area contributed by atoms with Crippen LogP contribution in [0.5, 0.6) is 0 Å². The van der Waals surface area contributed by atoms with E-state index in [9.17, 15) is 22.8 Å². The third-order valence-electron chi connectivity index (χ3n) is 3.86. The monoisotopic (exact) mass is 329 g/mol. The molecule has 23 heavy (non-hydrogen) atoms. The molecule has 0 saturated heterocycles. The topological polar surface area (TPSA) is 57.6 Å². The molecule has 0 aromatic heterocycles. The molecule has 0 spiro atoms. The minimum Gasteiger partial charge on any atom is -0.481 e. The molecule has 1 atom stereocenters. The Kier molecular flexibility index (Phi) is 4.97. The SMILES string of the molecule is CC(CN(C(=O)Cc1ccccc1C(F)(F)F)C1CC1)C(=O)O. The fourth-order valence-electron chi connectivity index (χ4n) is 2.43. The third-order valence-corrected chi connectivity index (χ3v) is 3.86. The summed E-state index contributed by atoms with van der Waals surface area (Å²) >= 11 is 0. The van der Waals surface area contributed by atoms with Crippen molar-refractivity contribution in [1.29, 1.82) is 0 Å². The minimum atomic E-state index is -4.52. The minimum absolute atomic E-state index is 0.0209. The molecular weight excluding hydrogens is 311 g/mol. The normalized spacial score (nSPS) is 16.0. The summed E-state index contributed by atoms with van der Waals surface area (Å²) in [6, 6.07) is 4.92. The second-order valence-corrected chi connectivity index (χ2v) is 5.85. The average molecular weight is 329 g/mol. The second kappa shape index (κ2) is 6.60. The number of nitrogens with zero attached hydrogens (tertiary/aromatic N) is 1. The van der Waals surface area contributed by atoms with E-state index in [-0.39, 0.29) is 24.6 Å². The van der Waals surface area contributed by atoms with Gasteiger partial charge in [0.1, 0.15) is 0 Å². The van der Waals surface area contributed by atoms with Crippen molar-refractivity contribution in [2.45, 2.75) is 38.4 Å². The Morgan fingerprint density at radius 1 is 1.30 bits per heavy atom. The van der Waals surface area contributed by atoms with Crippen LogP contribution in [0.25, 0.3) is 0 Å². The number of carbonyl (C=O) groups is 2. The summed E-state index contributed by atoms with van der Waals surface area (Å²) in [5.41, 5.74) is -0.908. The predicted octanol–water partition coefficient (Wildman–Crippen LogP) is 2.96. The molecule has 1 aromatic rings. The molecule has 1 aromatic carbocycles. The van der Waals surface area contributed by atoms with E-state index < -0.39 is 29.5 Å². The van der Waals surface area contributed by atoms with E-state index in [2.05, 4.69) is 0 Å². The summed E-state index contributed by atoms with van der Waals surface area (Å²) in [4.78, 5) is 24.8. The molecule has 0 bridgehead atoms. The quantitative estimate of drug-likeness (QED) is 0.873.